The van der Waals surface area contributed by atoms with E-state index in [1.807, 2.05) is 0 Å². The lowest BCUT2D eigenvalue weighted by atomic mass is 9.72. The molecule has 0 spiro atoms. The van der Waals surface area contributed by atoms with Crippen molar-refractivity contribution in [2.24, 2.45) is 17.8 Å². The van der Waals surface area contributed by atoms with Crippen LogP contribution in [0, 0.1) is 23.6 Å². The summed E-state index contributed by atoms with van der Waals surface area (Å²) in [6, 6.07) is 5.28. The highest BCUT2D eigenvalue weighted by Gasteiger charge is 2.28. The van der Waals surface area contributed by atoms with Gasteiger partial charge in [0.15, 0.2) is 0 Å². The van der Waals surface area contributed by atoms with Gasteiger partial charge >= 0.3 is 0 Å². The van der Waals surface area contributed by atoms with Crippen molar-refractivity contribution in [2.45, 2.75) is 39.5 Å². The molecule has 0 heterocycles. The first-order valence-corrected chi connectivity index (χ1v) is 8.53. The molecule has 112 valence electrons. The Morgan fingerprint density at radius 3 is 2.75 bits per heavy atom. The molecule has 1 aliphatic carbocycles. The van der Waals surface area contributed by atoms with Crippen LogP contribution >= 0.6 is 15.9 Å². The summed E-state index contributed by atoms with van der Waals surface area (Å²) in [5.41, 5.74) is 1.12. The number of halogens is 2. The van der Waals surface area contributed by atoms with E-state index in [2.05, 4.69) is 41.2 Å². The van der Waals surface area contributed by atoms with Crippen LogP contribution in [-0.4, -0.2) is 13.1 Å². The molecule has 1 saturated carbocycles. The minimum absolute atomic E-state index is 0.138. The van der Waals surface area contributed by atoms with Gasteiger partial charge in [-0.3, -0.25) is 0 Å². The Bertz CT molecular complexity index is 413. The number of hydrogen-bond acceptors (Lipinski definition) is 1. The normalized spacial score (nSPS) is 26.7. The zero-order chi connectivity index (χ0) is 14.5. The van der Waals surface area contributed by atoms with Gasteiger partial charge in [-0.1, -0.05) is 36.2 Å². The van der Waals surface area contributed by atoms with Gasteiger partial charge < -0.3 is 5.32 Å². The Morgan fingerprint density at radius 1 is 1.25 bits per heavy atom. The lowest BCUT2D eigenvalue weighted by molar-refractivity contribution is 0.184. The zero-order valence-electron chi connectivity index (χ0n) is 12.5. The van der Waals surface area contributed by atoms with E-state index >= 15 is 0 Å². The van der Waals surface area contributed by atoms with Gasteiger partial charge in [-0.15, -0.1) is 0 Å². The predicted octanol–water partition coefficient (Wildman–Crippen LogP) is 4.79. The summed E-state index contributed by atoms with van der Waals surface area (Å²) in [6.07, 6.45) is 4.90. The summed E-state index contributed by atoms with van der Waals surface area (Å²) in [7, 11) is 0. The maximum Gasteiger partial charge on any atom is 0.124 e. The van der Waals surface area contributed by atoms with E-state index in [1.165, 1.54) is 25.3 Å². The monoisotopic (exact) mass is 341 g/mol. The van der Waals surface area contributed by atoms with E-state index < -0.39 is 0 Å². The third kappa shape index (κ3) is 4.56. The first-order valence-electron chi connectivity index (χ1n) is 7.74. The van der Waals surface area contributed by atoms with Crippen molar-refractivity contribution >= 4 is 15.9 Å². The predicted molar refractivity (Wildman–Crippen MR) is 86.3 cm³/mol. The summed E-state index contributed by atoms with van der Waals surface area (Å²) >= 11 is 3.39. The van der Waals surface area contributed by atoms with Crippen molar-refractivity contribution in [3.63, 3.8) is 0 Å². The molecular weight excluding hydrogens is 317 g/mol. The molecule has 1 aromatic rings. The van der Waals surface area contributed by atoms with Crippen molar-refractivity contribution in [1.29, 1.82) is 0 Å². The van der Waals surface area contributed by atoms with E-state index in [0.717, 1.165) is 41.4 Å². The summed E-state index contributed by atoms with van der Waals surface area (Å²) in [4.78, 5) is 0. The number of benzene rings is 1. The van der Waals surface area contributed by atoms with E-state index in [1.54, 1.807) is 6.07 Å². The van der Waals surface area contributed by atoms with Gasteiger partial charge in [0.2, 0.25) is 0 Å². The van der Waals surface area contributed by atoms with Crippen LogP contribution in [0.4, 0.5) is 4.39 Å². The van der Waals surface area contributed by atoms with Crippen LogP contribution in [0.3, 0.4) is 0 Å². The highest BCUT2D eigenvalue weighted by atomic mass is 79.9. The Morgan fingerprint density at radius 2 is 2.05 bits per heavy atom. The largest absolute Gasteiger partial charge is 0.317 e. The lowest BCUT2D eigenvalue weighted by Gasteiger charge is -2.35. The Kier molecular flexibility index (Phi) is 6.03. The molecular formula is C17H25BrFN. The zero-order valence-corrected chi connectivity index (χ0v) is 14.0. The third-order valence-corrected chi connectivity index (χ3v) is 4.94. The van der Waals surface area contributed by atoms with Crippen LogP contribution < -0.4 is 5.32 Å². The topological polar surface area (TPSA) is 12.0 Å². The molecule has 0 bridgehead atoms. The molecule has 0 aliphatic heterocycles. The Labute approximate surface area is 130 Å². The summed E-state index contributed by atoms with van der Waals surface area (Å²) in [5.74, 6) is 2.07. The molecule has 1 nitrogen and oxygen atoms in total. The summed E-state index contributed by atoms with van der Waals surface area (Å²) in [5, 5.41) is 3.49. The molecule has 20 heavy (non-hydrogen) atoms. The highest BCUT2D eigenvalue weighted by Crippen LogP contribution is 2.36. The second-order valence-corrected chi connectivity index (χ2v) is 7.14. The van der Waals surface area contributed by atoms with Gasteiger partial charge in [-0.2, -0.15) is 0 Å². The molecule has 0 radical (unpaired) electrons. The second kappa shape index (κ2) is 7.56. The van der Waals surface area contributed by atoms with Crippen LogP contribution in [0.25, 0.3) is 0 Å². The third-order valence-electron chi connectivity index (χ3n) is 4.48. The lowest BCUT2D eigenvalue weighted by Crippen LogP contribution is -2.33. The molecule has 1 N–H and O–H groups in total. The first-order chi connectivity index (χ1) is 9.58. The Balaban J connectivity index is 2.06. The SMILES string of the molecule is CCNCC1CCC(C)CC1Cc1cc(F)cc(Br)c1. The van der Waals surface area contributed by atoms with Gasteiger partial charge in [-0.05, 0) is 73.9 Å². The molecule has 3 atom stereocenters. The van der Waals surface area contributed by atoms with E-state index in [0.29, 0.717) is 5.92 Å². The average Bonchev–Trinajstić information content (AvgIpc) is 2.36. The number of hydrogen-bond donors (Lipinski definition) is 1. The fraction of sp³-hybridized carbons (Fsp3) is 0.647. The van der Waals surface area contributed by atoms with Crippen LogP contribution in [0.2, 0.25) is 0 Å². The van der Waals surface area contributed by atoms with Crippen molar-refractivity contribution < 1.29 is 4.39 Å². The average molecular weight is 342 g/mol. The molecule has 3 unspecified atom stereocenters. The fourth-order valence-corrected chi connectivity index (χ4v) is 3.95. The van der Waals surface area contributed by atoms with E-state index in [4.69, 9.17) is 0 Å². The minimum Gasteiger partial charge on any atom is -0.317 e. The van der Waals surface area contributed by atoms with Crippen LogP contribution in [0.5, 0.6) is 0 Å². The highest BCUT2D eigenvalue weighted by molar-refractivity contribution is 9.10. The fourth-order valence-electron chi connectivity index (χ4n) is 3.44. The van der Waals surface area contributed by atoms with Crippen molar-refractivity contribution in [3.05, 3.63) is 34.1 Å². The van der Waals surface area contributed by atoms with Crippen LogP contribution in [0.15, 0.2) is 22.7 Å². The molecule has 1 aliphatic rings. The van der Waals surface area contributed by atoms with Crippen molar-refractivity contribution in [3.8, 4) is 0 Å². The smallest absolute Gasteiger partial charge is 0.124 e. The second-order valence-electron chi connectivity index (χ2n) is 6.23. The van der Waals surface area contributed by atoms with Crippen LogP contribution in [0.1, 0.15) is 38.7 Å². The number of nitrogens with one attached hydrogen (secondary N) is 1. The van der Waals surface area contributed by atoms with Crippen molar-refractivity contribution in [1.82, 2.24) is 5.32 Å². The Hall–Kier alpha value is -0.410. The molecule has 1 fully saturated rings. The molecule has 2 rings (SSSR count). The van der Waals surface area contributed by atoms with Gasteiger partial charge in [-0.25, -0.2) is 4.39 Å². The van der Waals surface area contributed by atoms with Gasteiger partial charge in [0.25, 0.3) is 0 Å². The van der Waals surface area contributed by atoms with Gasteiger partial charge in [0.1, 0.15) is 5.82 Å². The molecule has 0 amide bonds. The molecule has 1 aromatic carbocycles. The quantitative estimate of drug-likeness (QED) is 0.811. The molecule has 0 aromatic heterocycles. The van der Waals surface area contributed by atoms with Gasteiger partial charge in [0.05, 0.1) is 0 Å². The summed E-state index contributed by atoms with van der Waals surface area (Å²) in [6.45, 7) is 6.64. The standard InChI is InChI=1S/C17H25BrFN/c1-3-20-11-14-5-4-12(2)6-15(14)7-13-8-16(18)10-17(19)9-13/h8-10,12,14-15,20H,3-7,11H2,1-2H3. The first kappa shape index (κ1) is 16.0. The summed E-state index contributed by atoms with van der Waals surface area (Å²) < 4.78 is 14.4. The minimum atomic E-state index is -0.138. The number of rotatable bonds is 5. The maximum atomic E-state index is 13.5. The van der Waals surface area contributed by atoms with Crippen LogP contribution in [-0.2, 0) is 6.42 Å². The van der Waals surface area contributed by atoms with Gasteiger partial charge in [0, 0.05) is 4.47 Å². The van der Waals surface area contributed by atoms with E-state index in [-0.39, 0.29) is 5.82 Å². The molecule has 0 saturated heterocycles. The molecule has 3 heteroatoms. The maximum absolute atomic E-state index is 13.5. The van der Waals surface area contributed by atoms with E-state index in [9.17, 15) is 4.39 Å². The van der Waals surface area contributed by atoms with Crippen molar-refractivity contribution in [2.75, 3.05) is 13.1 Å².